The van der Waals surface area contributed by atoms with Gasteiger partial charge in [-0.3, -0.25) is 4.79 Å². The maximum Gasteiger partial charge on any atom is 0.265 e. The topological polar surface area (TPSA) is 30.0 Å². The van der Waals surface area contributed by atoms with Gasteiger partial charge in [-0.2, -0.15) is 0 Å². The average Bonchev–Trinajstić information content (AvgIpc) is 2.07. The Labute approximate surface area is 82.1 Å². The molecule has 0 spiro atoms. The maximum atomic E-state index is 12.3. The lowest BCUT2D eigenvalue weighted by Gasteiger charge is -2.05. The van der Waals surface area contributed by atoms with Gasteiger partial charge in [0.15, 0.2) is 6.29 Å². The molecule has 0 bridgehead atoms. The molecule has 13 heavy (non-hydrogen) atoms. The second-order valence-corrected chi connectivity index (χ2v) is 3.30. The minimum atomic E-state index is -2.57. The summed E-state index contributed by atoms with van der Waals surface area (Å²) in [6.07, 6.45) is -2.05. The van der Waals surface area contributed by atoms with Crippen LogP contribution in [0.15, 0.2) is 10.5 Å². The number of alkyl halides is 2. The summed E-state index contributed by atoms with van der Waals surface area (Å²) < 4.78 is 24.9. The van der Waals surface area contributed by atoms with Crippen LogP contribution in [0.2, 0.25) is 0 Å². The molecule has 1 aromatic rings. The molecule has 1 heterocycles. The van der Waals surface area contributed by atoms with Crippen LogP contribution >= 0.6 is 15.9 Å². The summed E-state index contributed by atoms with van der Waals surface area (Å²) in [5.74, 6) is 0. The summed E-state index contributed by atoms with van der Waals surface area (Å²) in [5.41, 5.74) is 0.166. The molecular weight excluding hydrogens is 244 g/mol. The van der Waals surface area contributed by atoms with Crippen LogP contribution in [0.1, 0.15) is 28.2 Å². The molecule has 1 aromatic heterocycles. The van der Waals surface area contributed by atoms with E-state index in [1.54, 1.807) is 0 Å². The molecule has 0 aliphatic heterocycles. The fourth-order valence-electron chi connectivity index (χ4n) is 0.917. The Morgan fingerprint density at radius 1 is 1.62 bits per heavy atom. The fourth-order valence-corrected chi connectivity index (χ4v) is 1.35. The standard InChI is InChI=1S/C8H6BrF2NO/c1-4-5(8(10)11)2-6(9)7(3-13)12-4/h2-3,8H,1H3. The molecule has 0 saturated heterocycles. The Bertz CT molecular complexity index is 341. The Balaban J connectivity index is 3.28. The number of carbonyl (C=O) groups is 1. The fraction of sp³-hybridized carbons (Fsp3) is 0.250. The molecule has 5 heteroatoms. The monoisotopic (exact) mass is 249 g/mol. The molecule has 0 amide bonds. The van der Waals surface area contributed by atoms with Gasteiger partial charge in [0.05, 0.1) is 0 Å². The van der Waals surface area contributed by atoms with E-state index in [-0.39, 0.29) is 17.0 Å². The van der Waals surface area contributed by atoms with Gasteiger partial charge in [-0.15, -0.1) is 0 Å². The summed E-state index contributed by atoms with van der Waals surface area (Å²) in [6, 6.07) is 1.22. The van der Waals surface area contributed by atoms with Gasteiger partial charge >= 0.3 is 0 Å². The third-order valence-corrected chi connectivity index (χ3v) is 2.21. The van der Waals surface area contributed by atoms with Crippen LogP contribution in [-0.4, -0.2) is 11.3 Å². The third-order valence-electron chi connectivity index (χ3n) is 1.58. The number of aryl methyl sites for hydroxylation is 1. The van der Waals surface area contributed by atoms with Gasteiger partial charge in [0.25, 0.3) is 6.43 Å². The number of carbonyl (C=O) groups excluding carboxylic acids is 1. The molecule has 0 N–H and O–H groups in total. The number of rotatable bonds is 2. The van der Waals surface area contributed by atoms with Crippen molar-refractivity contribution in [2.75, 3.05) is 0 Å². The molecule has 0 aromatic carbocycles. The largest absolute Gasteiger partial charge is 0.296 e. The zero-order valence-electron chi connectivity index (χ0n) is 6.72. The van der Waals surface area contributed by atoms with Crippen molar-refractivity contribution in [1.82, 2.24) is 4.98 Å². The zero-order valence-corrected chi connectivity index (χ0v) is 8.31. The first-order valence-corrected chi connectivity index (χ1v) is 4.26. The van der Waals surface area contributed by atoms with Gasteiger partial charge in [0.2, 0.25) is 0 Å². The molecule has 0 aliphatic rings. The SMILES string of the molecule is Cc1nc(C=O)c(Br)cc1C(F)F. The predicted molar refractivity (Wildman–Crippen MR) is 47.0 cm³/mol. The maximum absolute atomic E-state index is 12.3. The van der Waals surface area contributed by atoms with Crippen molar-refractivity contribution in [2.24, 2.45) is 0 Å². The predicted octanol–water partition coefficient (Wildman–Crippen LogP) is 2.90. The normalized spacial score (nSPS) is 10.5. The van der Waals surface area contributed by atoms with Crippen molar-refractivity contribution < 1.29 is 13.6 Å². The van der Waals surface area contributed by atoms with Crippen molar-refractivity contribution in [3.63, 3.8) is 0 Å². The van der Waals surface area contributed by atoms with E-state index in [0.717, 1.165) is 0 Å². The van der Waals surface area contributed by atoms with Crippen molar-refractivity contribution in [1.29, 1.82) is 0 Å². The number of aldehydes is 1. The Kier molecular flexibility index (Phi) is 3.08. The van der Waals surface area contributed by atoms with Crippen LogP contribution in [0.5, 0.6) is 0 Å². The quantitative estimate of drug-likeness (QED) is 0.755. The lowest BCUT2D eigenvalue weighted by Crippen LogP contribution is -1.98. The van der Waals surface area contributed by atoms with Crippen molar-refractivity contribution >= 4 is 22.2 Å². The Morgan fingerprint density at radius 2 is 2.23 bits per heavy atom. The van der Waals surface area contributed by atoms with Crippen molar-refractivity contribution in [2.45, 2.75) is 13.3 Å². The number of nitrogens with zero attached hydrogens (tertiary/aromatic N) is 1. The highest BCUT2D eigenvalue weighted by Gasteiger charge is 2.14. The first-order chi connectivity index (χ1) is 6.06. The Morgan fingerprint density at radius 3 is 2.69 bits per heavy atom. The average molecular weight is 250 g/mol. The van der Waals surface area contributed by atoms with Gasteiger partial charge in [-0.25, -0.2) is 13.8 Å². The highest BCUT2D eigenvalue weighted by Crippen LogP contribution is 2.25. The van der Waals surface area contributed by atoms with Gasteiger partial charge in [0.1, 0.15) is 5.69 Å². The van der Waals surface area contributed by atoms with Crippen LogP contribution in [0, 0.1) is 6.92 Å². The first-order valence-electron chi connectivity index (χ1n) is 3.46. The summed E-state index contributed by atoms with van der Waals surface area (Å²) >= 11 is 2.98. The van der Waals surface area contributed by atoms with Gasteiger partial charge in [-0.1, -0.05) is 0 Å². The van der Waals surface area contributed by atoms with Crippen LogP contribution < -0.4 is 0 Å². The lowest BCUT2D eigenvalue weighted by molar-refractivity contribution is 0.111. The van der Waals surface area contributed by atoms with E-state index in [4.69, 9.17) is 0 Å². The molecule has 1 rings (SSSR count). The van der Waals surface area contributed by atoms with Crippen molar-refractivity contribution in [3.05, 3.63) is 27.5 Å². The number of hydrogen-bond acceptors (Lipinski definition) is 2. The molecule has 0 aliphatic carbocycles. The summed E-state index contributed by atoms with van der Waals surface area (Å²) in [6.45, 7) is 1.45. The minimum absolute atomic E-state index is 0.141. The van der Waals surface area contributed by atoms with Gasteiger partial charge in [0, 0.05) is 15.7 Å². The van der Waals surface area contributed by atoms with E-state index >= 15 is 0 Å². The molecule has 2 nitrogen and oxygen atoms in total. The summed E-state index contributed by atoms with van der Waals surface area (Å²) in [5, 5.41) is 0. The number of aromatic nitrogens is 1. The molecule has 0 unspecified atom stereocenters. The lowest BCUT2D eigenvalue weighted by atomic mass is 10.2. The number of hydrogen-bond donors (Lipinski definition) is 0. The molecule has 70 valence electrons. The number of pyridine rings is 1. The molecule has 0 saturated carbocycles. The minimum Gasteiger partial charge on any atom is -0.296 e. The first kappa shape index (κ1) is 10.2. The van der Waals surface area contributed by atoms with Crippen LogP contribution in [0.3, 0.4) is 0 Å². The van der Waals surface area contributed by atoms with E-state index in [1.807, 2.05) is 0 Å². The molecular formula is C8H6BrF2NO. The van der Waals surface area contributed by atoms with Crippen LogP contribution in [0.25, 0.3) is 0 Å². The third kappa shape index (κ3) is 2.09. The summed E-state index contributed by atoms with van der Waals surface area (Å²) in [4.78, 5) is 14.1. The highest BCUT2D eigenvalue weighted by molar-refractivity contribution is 9.10. The van der Waals surface area contributed by atoms with Crippen LogP contribution in [0.4, 0.5) is 8.78 Å². The second-order valence-electron chi connectivity index (χ2n) is 2.45. The summed E-state index contributed by atoms with van der Waals surface area (Å²) in [7, 11) is 0. The van der Waals surface area contributed by atoms with E-state index in [1.165, 1.54) is 13.0 Å². The van der Waals surface area contributed by atoms with E-state index in [2.05, 4.69) is 20.9 Å². The van der Waals surface area contributed by atoms with E-state index in [0.29, 0.717) is 10.8 Å². The molecule has 0 fully saturated rings. The van der Waals surface area contributed by atoms with Gasteiger partial charge in [-0.05, 0) is 28.9 Å². The van der Waals surface area contributed by atoms with Crippen LogP contribution in [-0.2, 0) is 0 Å². The molecule has 0 radical (unpaired) electrons. The zero-order chi connectivity index (χ0) is 10.0. The Hall–Kier alpha value is -0.840. The van der Waals surface area contributed by atoms with E-state index in [9.17, 15) is 13.6 Å². The number of halogens is 3. The van der Waals surface area contributed by atoms with Crippen molar-refractivity contribution in [3.8, 4) is 0 Å². The van der Waals surface area contributed by atoms with E-state index < -0.39 is 6.43 Å². The highest BCUT2D eigenvalue weighted by atomic mass is 79.9. The molecule has 0 atom stereocenters. The van der Waals surface area contributed by atoms with Gasteiger partial charge < -0.3 is 0 Å². The second kappa shape index (κ2) is 3.91. The smallest absolute Gasteiger partial charge is 0.265 e.